The van der Waals surface area contributed by atoms with Crippen LogP contribution in [0.2, 0.25) is 0 Å². The SMILES string of the molecule is CC1CCC(C)N(C(=O)CC2CNCCO2)C1.Cl. The summed E-state index contributed by atoms with van der Waals surface area (Å²) < 4.78 is 5.59. The standard InChI is InChI=1S/C13H24N2O2.ClH/c1-10-3-4-11(2)15(9-10)13(16)7-12-8-14-5-6-17-12;/h10-12,14H,3-9H2,1-2H3;1H. The van der Waals surface area contributed by atoms with Crippen LogP contribution in [-0.4, -0.2) is 49.2 Å². The van der Waals surface area contributed by atoms with Crippen LogP contribution in [0.4, 0.5) is 0 Å². The second kappa shape index (κ2) is 7.31. The number of hydrogen-bond acceptors (Lipinski definition) is 3. The molecule has 2 rings (SSSR count). The second-order valence-corrected chi connectivity index (χ2v) is 5.48. The number of morpholine rings is 1. The summed E-state index contributed by atoms with van der Waals surface area (Å²) in [5, 5.41) is 3.27. The first-order valence-electron chi connectivity index (χ1n) is 6.78. The Hall–Kier alpha value is -0.320. The molecule has 5 heteroatoms. The van der Waals surface area contributed by atoms with Crippen LogP contribution < -0.4 is 5.32 Å². The third-order valence-electron chi connectivity index (χ3n) is 3.84. The molecular weight excluding hydrogens is 252 g/mol. The maximum absolute atomic E-state index is 12.2. The number of halogens is 1. The Labute approximate surface area is 116 Å². The monoisotopic (exact) mass is 276 g/mol. The quantitative estimate of drug-likeness (QED) is 0.830. The normalized spacial score (nSPS) is 32.8. The van der Waals surface area contributed by atoms with Gasteiger partial charge in [-0.15, -0.1) is 12.4 Å². The predicted molar refractivity (Wildman–Crippen MR) is 74.0 cm³/mol. The van der Waals surface area contributed by atoms with Crippen molar-refractivity contribution in [3.8, 4) is 0 Å². The van der Waals surface area contributed by atoms with Crippen LogP contribution in [0.1, 0.15) is 33.1 Å². The van der Waals surface area contributed by atoms with Crippen LogP contribution in [0.3, 0.4) is 0 Å². The molecule has 0 bridgehead atoms. The summed E-state index contributed by atoms with van der Waals surface area (Å²) in [6, 6.07) is 0.398. The first-order chi connectivity index (χ1) is 8.16. The Morgan fingerprint density at radius 2 is 2.17 bits per heavy atom. The minimum Gasteiger partial charge on any atom is -0.375 e. The highest BCUT2D eigenvalue weighted by Crippen LogP contribution is 2.22. The van der Waals surface area contributed by atoms with E-state index in [0.29, 0.717) is 18.4 Å². The van der Waals surface area contributed by atoms with E-state index in [9.17, 15) is 4.79 Å². The Kier molecular flexibility index (Phi) is 6.39. The van der Waals surface area contributed by atoms with Gasteiger partial charge in [-0.2, -0.15) is 0 Å². The Balaban J connectivity index is 0.00000162. The third-order valence-corrected chi connectivity index (χ3v) is 3.84. The number of hydrogen-bond donors (Lipinski definition) is 1. The van der Waals surface area contributed by atoms with E-state index in [-0.39, 0.29) is 24.4 Å². The van der Waals surface area contributed by atoms with Gasteiger partial charge in [-0.3, -0.25) is 4.79 Å². The van der Waals surface area contributed by atoms with Crippen molar-refractivity contribution in [1.29, 1.82) is 0 Å². The van der Waals surface area contributed by atoms with Gasteiger partial charge in [-0.25, -0.2) is 0 Å². The molecule has 0 radical (unpaired) electrons. The van der Waals surface area contributed by atoms with Gasteiger partial charge in [0.1, 0.15) is 0 Å². The van der Waals surface area contributed by atoms with Crippen molar-refractivity contribution in [1.82, 2.24) is 10.2 Å². The van der Waals surface area contributed by atoms with Crippen molar-refractivity contribution < 1.29 is 9.53 Å². The molecule has 18 heavy (non-hydrogen) atoms. The van der Waals surface area contributed by atoms with E-state index in [0.717, 1.165) is 32.7 Å². The zero-order chi connectivity index (χ0) is 12.3. The van der Waals surface area contributed by atoms with Crippen molar-refractivity contribution in [2.24, 2.45) is 5.92 Å². The van der Waals surface area contributed by atoms with Crippen molar-refractivity contribution >= 4 is 18.3 Å². The van der Waals surface area contributed by atoms with Crippen LogP contribution in [0.25, 0.3) is 0 Å². The Bertz CT molecular complexity index is 270. The van der Waals surface area contributed by atoms with E-state index in [1.54, 1.807) is 0 Å². The lowest BCUT2D eigenvalue weighted by Crippen LogP contribution is -2.48. The van der Waals surface area contributed by atoms with Gasteiger partial charge in [0.25, 0.3) is 0 Å². The van der Waals surface area contributed by atoms with E-state index in [1.807, 2.05) is 4.90 Å². The van der Waals surface area contributed by atoms with Gasteiger partial charge in [0.15, 0.2) is 0 Å². The lowest BCUT2D eigenvalue weighted by Gasteiger charge is -2.38. The topological polar surface area (TPSA) is 41.6 Å². The van der Waals surface area contributed by atoms with E-state index in [2.05, 4.69) is 19.2 Å². The number of nitrogens with zero attached hydrogens (tertiary/aromatic N) is 1. The van der Waals surface area contributed by atoms with E-state index in [4.69, 9.17) is 4.74 Å². The van der Waals surface area contributed by atoms with Crippen molar-refractivity contribution in [2.45, 2.75) is 45.3 Å². The van der Waals surface area contributed by atoms with Crippen LogP contribution in [-0.2, 0) is 9.53 Å². The maximum atomic E-state index is 12.2. The molecule has 2 aliphatic rings. The van der Waals surface area contributed by atoms with Crippen LogP contribution in [0, 0.1) is 5.92 Å². The molecule has 2 aliphatic heterocycles. The van der Waals surface area contributed by atoms with E-state index in [1.165, 1.54) is 6.42 Å². The highest BCUT2D eigenvalue weighted by Gasteiger charge is 2.28. The number of carbonyl (C=O) groups is 1. The Morgan fingerprint density at radius 1 is 1.39 bits per heavy atom. The average Bonchev–Trinajstić information content (AvgIpc) is 2.33. The number of ether oxygens (including phenoxy) is 1. The summed E-state index contributed by atoms with van der Waals surface area (Å²) in [6.07, 6.45) is 2.98. The van der Waals surface area contributed by atoms with Crippen LogP contribution >= 0.6 is 12.4 Å². The Morgan fingerprint density at radius 3 is 2.83 bits per heavy atom. The summed E-state index contributed by atoms with van der Waals surface area (Å²) in [7, 11) is 0. The minimum atomic E-state index is 0. The number of carbonyl (C=O) groups excluding carboxylic acids is 1. The first kappa shape index (κ1) is 15.7. The van der Waals surface area contributed by atoms with Gasteiger partial charge < -0.3 is 15.0 Å². The molecule has 0 aromatic heterocycles. The van der Waals surface area contributed by atoms with Gasteiger partial charge in [-0.1, -0.05) is 6.92 Å². The molecule has 0 spiro atoms. The molecule has 3 atom stereocenters. The van der Waals surface area contributed by atoms with Crippen LogP contribution in [0.5, 0.6) is 0 Å². The fourth-order valence-electron chi connectivity index (χ4n) is 2.70. The highest BCUT2D eigenvalue weighted by atomic mass is 35.5. The van der Waals surface area contributed by atoms with Gasteiger partial charge in [-0.05, 0) is 25.7 Å². The number of rotatable bonds is 2. The number of nitrogens with one attached hydrogen (secondary N) is 1. The van der Waals surface area contributed by atoms with Gasteiger partial charge in [0, 0.05) is 25.7 Å². The molecule has 0 saturated carbocycles. The fourth-order valence-corrected chi connectivity index (χ4v) is 2.70. The zero-order valence-corrected chi connectivity index (χ0v) is 12.2. The van der Waals surface area contributed by atoms with Crippen molar-refractivity contribution in [2.75, 3.05) is 26.2 Å². The molecular formula is C13H25ClN2O2. The molecule has 0 aromatic rings. The summed E-state index contributed by atoms with van der Waals surface area (Å²) >= 11 is 0. The number of piperidine rings is 1. The van der Waals surface area contributed by atoms with Crippen molar-refractivity contribution in [3.05, 3.63) is 0 Å². The van der Waals surface area contributed by atoms with Gasteiger partial charge in [0.2, 0.25) is 5.91 Å². The lowest BCUT2D eigenvalue weighted by molar-refractivity contribution is -0.139. The van der Waals surface area contributed by atoms with E-state index < -0.39 is 0 Å². The summed E-state index contributed by atoms with van der Waals surface area (Å²) in [5.74, 6) is 0.901. The first-order valence-corrected chi connectivity index (χ1v) is 6.78. The predicted octanol–water partition coefficient (Wildman–Crippen LogP) is 1.43. The number of amides is 1. The fraction of sp³-hybridized carbons (Fsp3) is 0.923. The smallest absolute Gasteiger partial charge is 0.225 e. The maximum Gasteiger partial charge on any atom is 0.225 e. The van der Waals surface area contributed by atoms with Gasteiger partial charge in [0.05, 0.1) is 19.1 Å². The average molecular weight is 277 g/mol. The molecule has 2 fully saturated rings. The largest absolute Gasteiger partial charge is 0.375 e. The molecule has 0 aliphatic carbocycles. The summed E-state index contributed by atoms with van der Waals surface area (Å²) in [4.78, 5) is 14.3. The molecule has 2 saturated heterocycles. The highest BCUT2D eigenvalue weighted by molar-refractivity contribution is 5.85. The summed E-state index contributed by atoms with van der Waals surface area (Å²) in [5.41, 5.74) is 0. The molecule has 106 valence electrons. The lowest BCUT2D eigenvalue weighted by atomic mass is 9.94. The molecule has 0 aromatic carbocycles. The molecule has 4 nitrogen and oxygen atoms in total. The van der Waals surface area contributed by atoms with E-state index >= 15 is 0 Å². The van der Waals surface area contributed by atoms with Gasteiger partial charge >= 0.3 is 0 Å². The zero-order valence-electron chi connectivity index (χ0n) is 11.4. The summed E-state index contributed by atoms with van der Waals surface area (Å²) in [6.45, 7) is 7.74. The molecule has 3 unspecified atom stereocenters. The minimum absolute atomic E-state index is 0. The molecule has 1 amide bonds. The van der Waals surface area contributed by atoms with Crippen LogP contribution in [0.15, 0.2) is 0 Å². The molecule has 1 N–H and O–H groups in total. The van der Waals surface area contributed by atoms with Crippen molar-refractivity contribution in [3.63, 3.8) is 0 Å². The molecule has 2 heterocycles. The second-order valence-electron chi connectivity index (χ2n) is 5.48. The number of likely N-dealkylation sites (tertiary alicyclic amines) is 1. The third kappa shape index (κ3) is 4.11.